The van der Waals surface area contributed by atoms with Gasteiger partial charge in [0.15, 0.2) is 5.76 Å². The lowest BCUT2D eigenvalue weighted by molar-refractivity contribution is -0.135. The number of benzene rings is 1. The monoisotopic (exact) mass is 438 g/mol. The molecule has 7 nitrogen and oxygen atoms in total. The maximum Gasteiger partial charge on any atom is 0.236 e. The van der Waals surface area contributed by atoms with Gasteiger partial charge in [0.1, 0.15) is 5.69 Å². The van der Waals surface area contributed by atoms with Crippen LogP contribution < -0.4 is 0 Å². The molecule has 1 aromatic carbocycles. The Hall–Kier alpha value is -1.64. The minimum atomic E-state index is 0.200. The van der Waals surface area contributed by atoms with Gasteiger partial charge >= 0.3 is 0 Å². The van der Waals surface area contributed by atoms with Gasteiger partial charge in [-0.05, 0) is 18.2 Å². The van der Waals surface area contributed by atoms with Crippen LogP contribution in [0.3, 0.4) is 0 Å². The van der Waals surface area contributed by atoms with Gasteiger partial charge in [-0.3, -0.25) is 14.6 Å². The van der Waals surface area contributed by atoms with Gasteiger partial charge in [-0.25, -0.2) is 0 Å². The molecule has 1 amide bonds. The van der Waals surface area contributed by atoms with Crippen molar-refractivity contribution in [3.05, 3.63) is 40.1 Å². The van der Waals surface area contributed by atoms with Crippen molar-refractivity contribution in [2.75, 3.05) is 59.0 Å². The number of ether oxygens (including phenoxy) is 1. The van der Waals surface area contributed by atoms with E-state index in [0.717, 1.165) is 50.6 Å². The molecular formula is C20H24Cl2N4O3. The SMILES string of the molecule is O=C(CN1CCOCC1)N1CCN(Cc2cc(-c3ccc(Cl)cc3Cl)no2)CC1. The maximum atomic E-state index is 12.5. The number of piperazine rings is 1. The highest BCUT2D eigenvalue weighted by Crippen LogP contribution is 2.30. The number of carbonyl (C=O) groups excluding carboxylic acids is 1. The van der Waals surface area contributed by atoms with Gasteiger partial charge < -0.3 is 14.2 Å². The summed E-state index contributed by atoms with van der Waals surface area (Å²) in [6.45, 7) is 7.30. The molecule has 2 fully saturated rings. The number of hydrogen-bond donors (Lipinski definition) is 0. The molecule has 2 aliphatic rings. The Kier molecular flexibility index (Phi) is 6.72. The molecule has 4 rings (SSSR count). The van der Waals surface area contributed by atoms with E-state index in [9.17, 15) is 4.79 Å². The predicted molar refractivity (Wildman–Crippen MR) is 111 cm³/mol. The molecule has 2 aliphatic heterocycles. The molecule has 0 spiro atoms. The normalized spacial score (nSPS) is 18.9. The molecule has 0 unspecified atom stereocenters. The molecule has 1 aromatic heterocycles. The number of morpholine rings is 1. The van der Waals surface area contributed by atoms with Gasteiger partial charge in [0.2, 0.25) is 5.91 Å². The van der Waals surface area contributed by atoms with E-state index in [-0.39, 0.29) is 5.91 Å². The third-order valence-electron chi connectivity index (χ3n) is 5.33. The number of halogens is 2. The lowest BCUT2D eigenvalue weighted by atomic mass is 10.1. The van der Waals surface area contributed by atoms with Crippen LogP contribution in [0.15, 0.2) is 28.8 Å². The van der Waals surface area contributed by atoms with Crippen LogP contribution in [0.4, 0.5) is 0 Å². The van der Waals surface area contributed by atoms with Crippen molar-refractivity contribution < 1.29 is 14.1 Å². The van der Waals surface area contributed by atoms with Crippen LogP contribution in [0.5, 0.6) is 0 Å². The van der Waals surface area contributed by atoms with Crippen LogP contribution >= 0.6 is 23.2 Å². The fourth-order valence-corrected chi connectivity index (χ4v) is 4.14. The quantitative estimate of drug-likeness (QED) is 0.714. The number of aromatic nitrogens is 1. The van der Waals surface area contributed by atoms with Crippen LogP contribution in [0.25, 0.3) is 11.3 Å². The summed E-state index contributed by atoms with van der Waals surface area (Å²) in [6, 6.07) is 7.22. The molecule has 0 N–H and O–H groups in total. The molecule has 0 atom stereocenters. The fraction of sp³-hybridized carbons (Fsp3) is 0.500. The molecule has 0 aliphatic carbocycles. The van der Waals surface area contributed by atoms with Crippen molar-refractivity contribution in [1.82, 2.24) is 19.9 Å². The lowest BCUT2D eigenvalue weighted by Gasteiger charge is -2.35. The Labute approximate surface area is 180 Å². The highest BCUT2D eigenvalue weighted by atomic mass is 35.5. The Morgan fingerprint density at radius 3 is 2.48 bits per heavy atom. The zero-order valence-corrected chi connectivity index (χ0v) is 17.7. The molecule has 0 saturated carbocycles. The summed E-state index contributed by atoms with van der Waals surface area (Å²) in [5, 5.41) is 5.27. The van der Waals surface area contributed by atoms with Gasteiger partial charge in [-0.1, -0.05) is 28.4 Å². The molecule has 0 radical (unpaired) electrons. The second kappa shape index (κ2) is 9.45. The number of carbonyl (C=O) groups is 1. The highest BCUT2D eigenvalue weighted by molar-refractivity contribution is 6.36. The first-order valence-corrected chi connectivity index (χ1v) is 10.6. The van der Waals surface area contributed by atoms with E-state index in [0.29, 0.717) is 42.0 Å². The average molecular weight is 439 g/mol. The van der Waals surface area contributed by atoms with Crippen molar-refractivity contribution in [2.24, 2.45) is 0 Å². The first kappa shape index (κ1) is 20.6. The second-order valence-corrected chi connectivity index (χ2v) is 8.19. The molecule has 156 valence electrons. The molecular weight excluding hydrogens is 415 g/mol. The van der Waals surface area contributed by atoms with Gasteiger partial charge in [0.05, 0.1) is 31.3 Å². The minimum Gasteiger partial charge on any atom is -0.379 e. The van der Waals surface area contributed by atoms with Crippen molar-refractivity contribution >= 4 is 29.1 Å². The number of rotatable bonds is 5. The number of nitrogens with zero attached hydrogens (tertiary/aromatic N) is 4. The Morgan fingerprint density at radius 1 is 1.00 bits per heavy atom. The molecule has 9 heteroatoms. The summed E-state index contributed by atoms with van der Waals surface area (Å²) in [4.78, 5) is 18.9. The molecule has 3 heterocycles. The molecule has 29 heavy (non-hydrogen) atoms. The van der Waals surface area contributed by atoms with Gasteiger partial charge in [-0.15, -0.1) is 0 Å². The smallest absolute Gasteiger partial charge is 0.236 e. The Morgan fingerprint density at radius 2 is 1.76 bits per heavy atom. The number of amides is 1. The van der Waals surface area contributed by atoms with Crippen LogP contribution in [0.1, 0.15) is 5.76 Å². The van der Waals surface area contributed by atoms with Crippen molar-refractivity contribution in [2.45, 2.75) is 6.54 Å². The van der Waals surface area contributed by atoms with E-state index in [1.807, 2.05) is 17.0 Å². The van der Waals surface area contributed by atoms with E-state index in [1.165, 1.54) is 0 Å². The summed E-state index contributed by atoms with van der Waals surface area (Å²) in [7, 11) is 0. The third kappa shape index (κ3) is 5.29. The molecule has 0 bridgehead atoms. The standard InChI is InChI=1S/C20H24Cl2N4O3/c21-15-1-2-17(18(22)11-15)19-12-16(29-23-19)13-24-3-5-26(6-4-24)20(27)14-25-7-9-28-10-8-25/h1-2,11-12H,3-10,13-14H2. The largest absolute Gasteiger partial charge is 0.379 e. The van der Waals surface area contributed by atoms with Crippen molar-refractivity contribution in [1.29, 1.82) is 0 Å². The van der Waals surface area contributed by atoms with Gasteiger partial charge in [0, 0.05) is 55.9 Å². The second-order valence-electron chi connectivity index (χ2n) is 7.35. The summed E-state index contributed by atoms with van der Waals surface area (Å²) in [6.07, 6.45) is 0. The number of hydrogen-bond acceptors (Lipinski definition) is 6. The summed E-state index contributed by atoms with van der Waals surface area (Å²) >= 11 is 12.2. The van der Waals surface area contributed by atoms with E-state index in [2.05, 4.69) is 15.0 Å². The van der Waals surface area contributed by atoms with Crippen molar-refractivity contribution in [3.63, 3.8) is 0 Å². The lowest BCUT2D eigenvalue weighted by Crippen LogP contribution is -2.51. The van der Waals surface area contributed by atoms with Gasteiger partial charge in [0.25, 0.3) is 0 Å². The van der Waals surface area contributed by atoms with Crippen LogP contribution in [0, 0.1) is 0 Å². The van der Waals surface area contributed by atoms with Gasteiger partial charge in [-0.2, -0.15) is 0 Å². The average Bonchev–Trinajstić information content (AvgIpc) is 3.17. The maximum absolute atomic E-state index is 12.5. The fourth-order valence-electron chi connectivity index (χ4n) is 3.64. The first-order chi connectivity index (χ1) is 14.1. The van der Waals surface area contributed by atoms with Crippen LogP contribution in [-0.4, -0.2) is 84.8 Å². The topological polar surface area (TPSA) is 62.1 Å². The Balaban J connectivity index is 1.27. The van der Waals surface area contributed by atoms with E-state index in [1.54, 1.807) is 12.1 Å². The Bertz CT molecular complexity index is 846. The molecule has 2 aromatic rings. The first-order valence-electron chi connectivity index (χ1n) is 9.80. The van der Waals surface area contributed by atoms with E-state index in [4.69, 9.17) is 32.5 Å². The highest BCUT2D eigenvalue weighted by Gasteiger charge is 2.24. The van der Waals surface area contributed by atoms with Crippen LogP contribution in [-0.2, 0) is 16.1 Å². The summed E-state index contributed by atoms with van der Waals surface area (Å²) in [5.74, 6) is 0.977. The minimum absolute atomic E-state index is 0.200. The predicted octanol–water partition coefficient (Wildman–Crippen LogP) is 2.62. The zero-order valence-electron chi connectivity index (χ0n) is 16.1. The summed E-state index contributed by atoms with van der Waals surface area (Å²) < 4.78 is 10.8. The van der Waals surface area contributed by atoms with E-state index >= 15 is 0 Å². The third-order valence-corrected chi connectivity index (χ3v) is 5.88. The summed E-state index contributed by atoms with van der Waals surface area (Å²) in [5.41, 5.74) is 1.49. The van der Waals surface area contributed by atoms with Crippen LogP contribution in [0.2, 0.25) is 10.0 Å². The van der Waals surface area contributed by atoms with Crippen molar-refractivity contribution in [3.8, 4) is 11.3 Å². The zero-order chi connectivity index (χ0) is 20.2. The molecule has 2 saturated heterocycles. The van der Waals surface area contributed by atoms with E-state index < -0.39 is 0 Å².